The van der Waals surface area contributed by atoms with Crippen LogP contribution in [0.3, 0.4) is 0 Å². The number of oxazole rings is 1. The number of nitrogens with one attached hydrogen (secondary N) is 1. The quantitative estimate of drug-likeness (QED) is 0.334. The summed E-state index contributed by atoms with van der Waals surface area (Å²) >= 11 is 18.0. The molecule has 0 aliphatic rings. The first-order valence-electron chi connectivity index (χ1n) is 9.44. The van der Waals surface area contributed by atoms with Crippen molar-refractivity contribution in [3.63, 3.8) is 0 Å². The molecule has 1 unspecified atom stereocenters. The molecule has 0 bridgehead atoms. The van der Waals surface area contributed by atoms with E-state index < -0.39 is 6.10 Å². The Morgan fingerprint density at radius 1 is 1.03 bits per heavy atom. The van der Waals surface area contributed by atoms with Gasteiger partial charge in [-0.2, -0.15) is 0 Å². The third-order valence-corrected chi connectivity index (χ3v) is 5.30. The topological polar surface area (TPSA) is 64.4 Å². The minimum absolute atomic E-state index is 0.297. The molecule has 0 fully saturated rings. The van der Waals surface area contributed by atoms with Gasteiger partial charge in [0.1, 0.15) is 11.3 Å². The molecule has 0 radical (unpaired) electrons. The van der Waals surface area contributed by atoms with Crippen molar-refractivity contribution in [2.75, 3.05) is 5.32 Å². The van der Waals surface area contributed by atoms with Crippen LogP contribution in [0, 0.1) is 0 Å². The Bertz CT molecular complexity index is 1240. The number of carbonyl (C=O) groups excluding carboxylic acids is 1. The maximum atomic E-state index is 12.5. The van der Waals surface area contributed by atoms with Crippen molar-refractivity contribution in [3.05, 3.63) is 87.2 Å². The van der Waals surface area contributed by atoms with Crippen LogP contribution < -0.4 is 10.1 Å². The van der Waals surface area contributed by atoms with Gasteiger partial charge in [0, 0.05) is 22.2 Å². The molecule has 8 heteroatoms. The minimum Gasteiger partial charge on any atom is -0.479 e. The van der Waals surface area contributed by atoms with Crippen molar-refractivity contribution in [2.24, 2.45) is 0 Å². The SMILES string of the molecule is CC(Oc1ccc(Cl)cc1Cl)C(=O)Nc1ccc(Cc2nc3cc(Cl)ccc3o2)cc1. The predicted octanol–water partition coefficient (Wildman–Crippen LogP) is 6.78. The van der Waals surface area contributed by atoms with Crippen molar-refractivity contribution >= 4 is 57.5 Å². The van der Waals surface area contributed by atoms with E-state index in [9.17, 15) is 4.79 Å². The molecule has 5 nitrogen and oxygen atoms in total. The van der Waals surface area contributed by atoms with Crippen molar-refractivity contribution in [3.8, 4) is 5.75 Å². The molecule has 1 heterocycles. The maximum absolute atomic E-state index is 12.5. The zero-order chi connectivity index (χ0) is 22.0. The zero-order valence-corrected chi connectivity index (χ0v) is 18.6. The Hall–Kier alpha value is -2.73. The van der Waals surface area contributed by atoms with E-state index in [0.717, 1.165) is 11.1 Å². The highest BCUT2D eigenvalue weighted by molar-refractivity contribution is 6.35. The number of hydrogen-bond acceptors (Lipinski definition) is 4. The normalized spacial score (nSPS) is 12.0. The number of aromatic nitrogens is 1. The van der Waals surface area contributed by atoms with E-state index in [2.05, 4.69) is 10.3 Å². The van der Waals surface area contributed by atoms with Gasteiger partial charge in [-0.3, -0.25) is 4.79 Å². The average Bonchev–Trinajstić information content (AvgIpc) is 3.12. The first-order valence-corrected chi connectivity index (χ1v) is 10.6. The average molecular weight is 476 g/mol. The highest BCUT2D eigenvalue weighted by Crippen LogP contribution is 2.28. The van der Waals surface area contributed by atoms with Gasteiger partial charge in [0.15, 0.2) is 17.6 Å². The summed E-state index contributed by atoms with van der Waals surface area (Å²) in [5.41, 5.74) is 3.06. The monoisotopic (exact) mass is 474 g/mol. The van der Waals surface area contributed by atoms with Crippen LogP contribution in [0.1, 0.15) is 18.4 Å². The van der Waals surface area contributed by atoms with Crippen LogP contribution in [0.5, 0.6) is 5.75 Å². The van der Waals surface area contributed by atoms with Gasteiger partial charge in [-0.25, -0.2) is 4.98 Å². The highest BCUT2D eigenvalue weighted by atomic mass is 35.5. The molecular formula is C23H17Cl3N2O3. The van der Waals surface area contributed by atoms with Gasteiger partial charge >= 0.3 is 0 Å². The molecule has 31 heavy (non-hydrogen) atoms. The van der Waals surface area contributed by atoms with Gasteiger partial charge in [-0.15, -0.1) is 0 Å². The minimum atomic E-state index is -0.745. The summed E-state index contributed by atoms with van der Waals surface area (Å²) in [6, 6.07) is 17.6. The largest absolute Gasteiger partial charge is 0.479 e. The lowest BCUT2D eigenvalue weighted by atomic mass is 10.1. The van der Waals surface area contributed by atoms with E-state index in [1.165, 1.54) is 0 Å². The lowest BCUT2D eigenvalue weighted by molar-refractivity contribution is -0.122. The Morgan fingerprint density at radius 3 is 2.48 bits per heavy atom. The number of anilines is 1. The summed E-state index contributed by atoms with van der Waals surface area (Å²) in [4.78, 5) is 16.9. The molecule has 0 saturated carbocycles. The molecule has 158 valence electrons. The van der Waals surface area contributed by atoms with Gasteiger partial charge < -0.3 is 14.5 Å². The smallest absolute Gasteiger partial charge is 0.265 e. The van der Waals surface area contributed by atoms with Gasteiger partial charge in [0.2, 0.25) is 0 Å². The Morgan fingerprint density at radius 2 is 1.74 bits per heavy atom. The molecule has 1 amide bonds. The first-order chi connectivity index (χ1) is 14.9. The number of halogens is 3. The fourth-order valence-electron chi connectivity index (χ4n) is 2.96. The molecule has 1 N–H and O–H groups in total. The molecule has 1 atom stereocenters. The standard InChI is InChI=1S/C23H17Cl3N2O3/c1-13(30-20-8-4-15(24)11-18(20)26)23(29)27-17-6-2-14(3-7-17)10-22-28-19-12-16(25)5-9-21(19)31-22/h2-9,11-13H,10H2,1H3,(H,27,29). The van der Waals surface area contributed by atoms with Crippen LogP contribution in [-0.4, -0.2) is 17.0 Å². The van der Waals surface area contributed by atoms with E-state index in [1.807, 2.05) is 24.3 Å². The predicted molar refractivity (Wildman–Crippen MR) is 123 cm³/mol. The van der Waals surface area contributed by atoms with E-state index in [-0.39, 0.29) is 5.91 Å². The Kier molecular flexibility index (Phi) is 6.37. The van der Waals surface area contributed by atoms with Crippen LogP contribution in [0.25, 0.3) is 11.1 Å². The number of rotatable bonds is 6. The highest BCUT2D eigenvalue weighted by Gasteiger charge is 2.17. The Balaban J connectivity index is 1.37. The molecule has 0 spiro atoms. The van der Waals surface area contributed by atoms with Crippen LogP contribution in [0.4, 0.5) is 5.69 Å². The summed E-state index contributed by atoms with van der Waals surface area (Å²) in [5.74, 6) is 0.689. The number of hydrogen-bond donors (Lipinski definition) is 1. The Labute approximate surface area is 193 Å². The zero-order valence-electron chi connectivity index (χ0n) is 16.4. The summed E-state index contributed by atoms with van der Waals surface area (Å²) < 4.78 is 11.4. The fourth-order valence-corrected chi connectivity index (χ4v) is 3.58. The molecule has 0 aliphatic heterocycles. The summed E-state index contributed by atoms with van der Waals surface area (Å²) in [6.45, 7) is 1.65. The van der Waals surface area contributed by atoms with E-state index in [0.29, 0.717) is 44.4 Å². The molecule has 0 aliphatic carbocycles. The van der Waals surface area contributed by atoms with E-state index in [1.54, 1.807) is 43.3 Å². The number of fused-ring (bicyclic) bond motifs is 1. The molecule has 3 aromatic carbocycles. The molecule has 0 saturated heterocycles. The third kappa shape index (κ3) is 5.31. The maximum Gasteiger partial charge on any atom is 0.265 e. The second kappa shape index (κ2) is 9.18. The molecular weight excluding hydrogens is 459 g/mol. The van der Waals surface area contributed by atoms with Crippen molar-refractivity contribution < 1.29 is 13.9 Å². The number of nitrogens with zero attached hydrogens (tertiary/aromatic N) is 1. The lowest BCUT2D eigenvalue weighted by Gasteiger charge is -2.16. The van der Waals surface area contributed by atoms with Gasteiger partial charge in [0.05, 0.1) is 5.02 Å². The van der Waals surface area contributed by atoms with Crippen LogP contribution >= 0.6 is 34.8 Å². The number of benzene rings is 3. The summed E-state index contributed by atoms with van der Waals surface area (Å²) in [5, 5.41) is 4.28. The lowest BCUT2D eigenvalue weighted by Crippen LogP contribution is -2.30. The number of ether oxygens (including phenoxy) is 1. The van der Waals surface area contributed by atoms with Crippen molar-refractivity contribution in [1.29, 1.82) is 0 Å². The third-order valence-electron chi connectivity index (χ3n) is 4.54. The molecule has 4 aromatic rings. The summed E-state index contributed by atoms with van der Waals surface area (Å²) in [7, 11) is 0. The fraction of sp³-hybridized carbons (Fsp3) is 0.130. The second-order valence-electron chi connectivity index (χ2n) is 6.92. The summed E-state index contributed by atoms with van der Waals surface area (Å²) in [6.07, 6.45) is -0.223. The van der Waals surface area contributed by atoms with Crippen molar-refractivity contribution in [1.82, 2.24) is 4.98 Å². The van der Waals surface area contributed by atoms with E-state index >= 15 is 0 Å². The molecule has 1 aromatic heterocycles. The van der Waals surface area contributed by atoms with Crippen molar-refractivity contribution in [2.45, 2.75) is 19.4 Å². The first kappa shape index (κ1) is 21.5. The van der Waals surface area contributed by atoms with Crippen LogP contribution in [0.2, 0.25) is 15.1 Å². The van der Waals surface area contributed by atoms with Crippen LogP contribution in [-0.2, 0) is 11.2 Å². The van der Waals surface area contributed by atoms with Gasteiger partial charge in [-0.1, -0.05) is 46.9 Å². The van der Waals surface area contributed by atoms with E-state index in [4.69, 9.17) is 44.0 Å². The second-order valence-corrected chi connectivity index (χ2v) is 8.20. The van der Waals surface area contributed by atoms with Gasteiger partial charge in [-0.05, 0) is 61.0 Å². The number of amides is 1. The molecule has 4 rings (SSSR count). The number of carbonyl (C=O) groups is 1. The van der Waals surface area contributed by atoms with Gasteiger partial charge in [0.25, 0.3) is 5.91 Å². The van der Waals surface area contributed by atoms with Crippen LogP contribution in [0.15, 0.2) is 65.1 Å².